The van der Waals surface area contributed by atoms with Crippen LogP contribution in [0.4, 0.5) is 10.1 Å². The van der Waals surface area contributed by atoms with Crippen molar-refractivity contribution in [2.24, 2.45) is 5.14 Å². The monoisotopic (exact) mass is 373 g/mol. The Bertz CT molecular complexity index is 811. The molecule has 1 aromatic carbocycles. The van der Waals surface area contributed by atoms with Gasteiger partial charge in [-0.1, -0.05) is 0 Å². The summed E-state index contributed by atoms with van der Waals surface area (Å²) in [5.41, 5.74) is -0.220. The third-order valence-corrected chi connectivity index (χ3v) is 4.08. The van der Waals surface area contributed by atoms with E-state index in [1.165, 1.54) is 6.20 Å². The molecule has 0 unspecified atom stereocenters. The van der Waals surface area contributed by atoms with Crippen molar-refractivity contribution >= 4 is 37.5 Å². The summed E-state index contributed by atoms with van der Waals surface area (Å²) in [5.74, 6) is -1.41. The Morgan fingerprint density at radius 2 is 2.05 bits per heavy atom. The standard InChI is InChI=1S/C12H9BrFN3O3S/c13-8-2-1-5-16-11(8)12(18)17-9-6-7(14)3-4-10(9)21(15,19)20/h1-6H,(H,17,18)(H2,15,19,20). The summed E-state index contributed by atoms with van der Waals surface area (Å²) in [7, 11) is -4.10. The fraction of sp³-hybridized carbons (Fsp3) is 0. The second-order valence-corrected chi connectivity index (χ2v) is 6.36. The van der Waals surface area contributed by atoms with E-state index >= 15 is 0 Å². The molecule has 0 fully saturated rings. The van der Waals surface area contributed by atoms with Crippen molar-refractivity contribution in [1.29, 1.82) is 0 Å². The highest BCUT2D eigenvalue weighted by Crippen LogP contribution is 2.23. The van der Waals surface area contributed by atoms with Crippen LogP contribution < -0.4 is 10.5 Å². The SMILES string of the molecule is NS(=O)(=O)c1ccc(F)cc1NC(=O)c1ncccc1Br. The molecule has 1 aromatic heterocycles. The second kappa shape index (κ2) is 5.88. The number of halogens is 2. The summed E-state index contributed by atoms with van der Waals surface area (Å²) in [6, 6.07) is 5.99. The van der Waals surface area contributed by atoms with Crippen LogP contribution in [-0.2, 0) is 10.0 Å². The van der Waals surface area contributed by atoms with Crippen LogP contribution in [0.3, 0.4) is 0 Å². The number of benzene rings is 1. The lowest BCUT2D eigenvalue weighted by molar-refractivity contribution is 0.102. The molecule has 0 saturated carbocycles. The van der Waals surface area contributed by atoms with Gasteiger partial charge in [0.15, 0.2) is 0 Å². The number of amides is 1. The van der Waals surface area contributed by atoms with E-state index in [1.54, 1.807) is 12.1 Å². The smallest absolute Gasteiger partial charge is 0.275 e. The van der Waals surface area contributed by atoms with Gasteiger partial charge in [0.05, 0.1) is 5.69 Å². The van der Waals surface area contributed by atoms with E-state index < -0.39 is 21.7 Å². The molecule has 110 valence electrons. The quantitative estimate of drug-likeness (QED) is 0.857. The maximum Gasteiger partial charge on any atom is 0.275 e. The molecule has 0 aliphatic carbocycles. The molecule has 1 amide bonds. The van der Waals surface area contributed by atoms with Crippen molar-refractivity contribution in [3.63, 3.8) is 0 Å². The van der Waals surface area contributed by atoms with Gasteiger partial charge in [0.1, 0.15) is 16.4 Å². The summed E-state index contributed by atoms with van der Waals surface area (Å²) < 4.78 is 36.5. The first-order valence-electron chi connectivity index (χ1n) is 5.53. The molecule has 9 heteroatoms. The van der Waals surface area contributed by atoms with Crippen LogP contribution in [0.1, 0.15) is 10.5 Å². The number of hydrogen-bond acceptors (Lipinski definition) is 4. The van der Waals surface area contributed by atoms with E-state index in [4.69, 9.17) is 5.14 Å². The number of primary sulfonamides is 1. The Morgan fingerprint density at radius 3 is 2.67 bits per heavy atom. The fourth-order valence-electron chi connectivity index (χ4n) is 1.58. The third-order valence-electron chi connectivity index (χ3n) is 2.47. The predicted octanol–water partition coefficient (Wildman–Crippen LogP) is 1.88. The lowest BCUT2D eigenvalue weighted by Gasteiger charge is -2.10. The molecule has 0 bridgehead atoms. The van der Waals surface area contributed by atoms with Gasteiger partial charge in [-0.15, -0.1) is 0 Å². The van der Waals surface area contributed by atoms with E-state index in [0.29, 0.717) is 4.47 Å². The molecule has 3 N–H and O–H groups in total. The number of hydrogen-bond donors (Lipinski definition) is 2. The van der Waals surface area contributed by atoms with Gasteiger partial charge in [0.25, 0.3) is 5.91 Å². The number of anilines is 1. The molecule has 0 atom stereocenters. The van der Waals surface area contributed by atoms with Crippen LogP contribution in [-0.4, -0.2) is 19.3 Å². The molecule has 0 radical (unpaired) electrons. The molecule has 0 spiro atoms. The summed E-state index contributed by atoms with van der Waals surface area (Å²) in [4.78, 5) is 15.5. The first-order chi connectivity index (χ1) is 9.79. The van der Waals surface area contributed by atoms with E-state index in [0.717, 1.165) is 18.2 Å². The topological polar surface area (TPSA) is 102 Å². The van der Waals surface area contributed by atoms with Gasteiger partial charge in [-0.2, -0.15) is 0 Å². The van der Waals surface area contributed by atoms with Crippen molar-refractivity contribution < 1.29 is 17.6 Å². The van der Waals surface area contributed by atoms with Crippen LogP contribution in [0.5, 0.6) is 0 Å². The van der Waals surface area contributed by atoms with Crippen molar-refractivity contribution in [3.05, 3.63) is 52.5 Å². The van der Waals surface area contributed by atoms with Gasteiger partial charge in [-0.05, 0) is 46.3 Å². The number of rotatable bonds is 3. The normalized spacial score (nSPS) is 11.2. The maximum atomic E-state index is 13.3. The van der Waals surface area contributed by atoms with Gasteiger partial charge in [0, 0.05) is 10.7 Å². The number of nitrogens with two attached hydrogens (primary N) is 1. The van der Waals surface area contributed by atoms with Crippen LogP contribution in [0.2, 0.25) is 0 Å². The highest BCUT2D eigenvalue weighted by Gasteiger charge is 2.19. The summed E-state index contributed by atoms with van der Waals surface area (Å²) in [6.07, 6.45) is 1.39. The number of carbonyl (C=O) groups is 1. The van der Waals surface area contributed by atoms with Crippen molar-refractivity contribution in [3.8, 4) is 0 Å². The van der Waals surface area contributed by atoms with Crippen LogP contribution >= 0.6 is 15.9 Å². The maximum absolute atomic E-state index is 13.3. The summed E-state index contributed by atoms with van der Waals surface area (Å²) in [5, 5.41) is 7.31. The van der Waals surface area contributed by atoms with E-state index in [9.17, 15) is 17.6 Å². The number of sulfonamides is 1. The van der Waals surface area contributed by atoms with Gasteiger partial charge in [-0.25, -0.2) is 22.9 Å². The number of carbonyl (C=O) groups excluding carboxylic acids is 1. The predicted molar refractivity (Wildman–Crippen MR) is 77.7 cm³/mol. The first kappa shape index (κ1) is 15.5. The Kier molecular flexibility index (Phi) is 4.35. The number of nitrogens with zero attached hydrogens (tertiary/aromatic N) is 1. The largest absolute Gasteiger partial charge is 0.319 e. The molecule has 6 nitrogen and oxygen atoms in total. The Morgan fingerprint density at radius 1 is 1.33 bits per heavy atom. The molecule has 21 heavy (non-hydrogen) atoms. The molecule has 2 rings (SSSR count). The first-order valence-corrected chi connectivity index (χ1v) is 7.87. The molecule has 2 aromatic rings. The summed E-state index contributed by atoms with van der Waals surface area (Å²) >= 11 is 3.14. The minimum Gasteiger partial charge on any atom is -0.319 e. The van der Waals surface area contributed by atoms with Gasteiger partial charge in [-0.3, -0.25) is 4.79 Å². The summed E-state index contributed by atoms with van der Waals surface area (Å²) in [6.45, 7) is 0. The molecule has 0 aliphatic rings. The zero-order chi connectivity index (χ0) is 15.6. The average Bonchev–Trinajstić information content (AvgIpc) is 2.37. The minimum atomic E-state index is -4.10. The van der Waals surface area contributed by atoms with Crippen molar-refractivity contribution in [2.45, 2.75) is 4.90 Å². The average molecular weight is 374 g/mol. The van der Waals surface area contributed by atoms with E-state index in [1.807, 2.05) is 0 Å². The highest BCUT2D eigenvalue weighted by molar-refractivity contribution is 9.10. The van der Waals surface area contributed by atoms with Crippen molar-refractivity contribution in [1.82, 2.24) is 4.98 Å². The van der Waals surface area contributed by atoms with Crippen LogP contribution in [0.15, 0.2) is 45.9 Å². The number of pyridine rings is 1. The molecule has 0 aliphatic heterocycles. The zero-order valence-corrected chi connectivity index (χ0v) is 12.8. The molecule has 0 saturated heterocycles. The third kappa shape index (κ3) is 3.63. The van der Waals surface area contributed by atoms with Gasteiger partial charge in [0.2, 0.25) is 10.0 Å². The van der Waals surface area contributed by atoms with Gasteiger partial charge < -0.3 is 5.32 Å². The Balaban J connectivity index is 2.43. The molecular formula is C12H9BrFN3O3S. The van der Waals surface area contributed by atoms with E-state index in [2.05, 4.69) is 26.2 Å². The number of nitrogens with one attached hydrogen (secondary N) is 1. The molecular weight excluding hydrogens is 365 g/mol. The lowest BCUT2D eigenvalue weighted by Crippen LogP contribution is -2.19. The minimum absolute atomic E-state index is 0.0298. The Labute approximate surface area is 128 Å². The van der Waals surface area contributed by atoms with Crippen LogP contribution in [0.25, 0.3) is 0 Å². The van der Waals surface area contributed by atoms with Crippen molar-refractivity contribution in [2.75, 3.05) is 5.32 Å². The Hall–Kier alpha value is -1.84. The second-order valence-electron chi connectivity index (χ2n) is 3.97. The zero-order valence-electron chi connectivity index (χ0n) is 10.4. The highest BCUT2D eigenvalue weighted by atomic mass is 79.9. The fourth-order valence-corrected chi connectivity index (χ4v) is 2.69. The van der Waals surface area contributed by atoms with Gasteiger partial charge >= 0.3 is 0 Å². The molecule has 1 heterocycles. The van der Waals surface area contributed by atoms with Crippen LogP contribution in [0, 0.1) is 5.82 Å². The number of aromatic nitrogens is 1. The van der Waals surface area contributed by atoms with E-state index in [-0.39, 0.29) is 16.3 Å². The lowest BCUT2D eigenvalue weighted by atomic mass is 10.3.